The maximum absolute atomic E-state index is 5.75. The summed E-state index contributed by atoms with van der Waals surface area (Å²) in [5.74, 6) is 0.817. The van der Waals surface area contributed by atoms with Crippen molar-refractivity contribution < 1.29 is 0 Å². The summed E-state index contributed by atoms with van der Waals surface area (Å²) < 4.78 is 0.402. The molecule has 2 rings (SSSR count). The van der Waals surface area contributed by atoms with Crippen molar-refractivity contribution in [1.82, 2.24) is 4.98 Å². The van der Waals surface area contributed by atoms with Gasteiger partial charge in [-0.1, -0.05) is 12.2 Å². The van der Waals surface area contributed by atoms with Crippen LogP contribution in [0.4, 0.5) is 5.82 Å². The zero-order chi connectivity index (χ0) is 12.5. The normalized spacial score (nSPS) is 16.6. The molecular weight excluding hydrogens is 250 g/mol. The van der Waals surface area contributed by atoms with Gasteiger partial charge in [0, 0.05) is 17.5 Å². The zero-order valence-corrected chi connectivity index (χ0v) is 11.8. The summed E-state index contributed by atoms with van der Waals surface area (Å²) in [6, 6.07) is 1.93. The minimum Gasteiger partial charge on any atom is -0.389 e. The summed E-state index contributed by atoms with van der Waals surface area (Å²) in [7, 11) is 0. The van der Waals surface area contributed by atoms with E-state index in [9.17, 15) is 0 Å². The van der Waals surface area contributed by atoms with Crippen LogP contribution >= 0.6 is 24.0 Å². The molecule has 1 aliphatic rings. The van der Waals surface area contributed by atoms with Gasteiger partial charge in [0.15, 0.2) is 0 Å². The third kappa shape index (κ3) is 2.72. The molecule has 0 spiro atoms. The first-order valence-corrected chi connectivity index (χ1v) is 7.26. The van der Waals surface area contributed by atoms with Gasteiger partial charge in [-0.15, -0.1) is 0 Å². The van der Waals surface area contributed by atoms with E-state index in [1.165, 1.54) is 12.8 Å². The van der Waals surface area contributed by atoms with E-state index in [0.717, 1.165) is 23.5 Å². The van der Waals surface area contributed by atoms with E-state index in [1.807, 2.05) is 24.8 Å². The minimum absolute atomic E-state index is 0.402. The van der Waals surface area contributed by atoms with Crippen LogP contribution in [0.3, 0.4) is 0 Å². The standard InChI is InChI=1S/C12H17N3S2/c1-8-3-6-14-11(9(8)10(13)16)15-7-12(17-2)4-5-12/h3,6H,4-5,7H2,1-2H3,(H2,13,16)(H,14,15). The Morgan fingerprint density at radius 1 is 1.65 bits per heavy atom. The number of hydrogen-bond donors (Lipinski definition) is 2. The highest BCUT2D eigenvalue weighted by Gasteiger charge is 2.41. The number of aromatic nitrogens is 1. The Hall–Kier alpha value is -0.810. The van der Waals surface area contributed by atoms with E-state index in [-0.39, 0.29) is 0 Å². The quantitative estimate of drug-likeness (QED) is 0.802. The highest BCUT2D eigenvalue weighted by Crippen LogP contribution is 2.47. The molecule has 3 N–H and O–H groups in total. The smallest absolute Gasteiger partial charge is 0.136 e. The van der Waals surface area contributed by atoms with Crippen LogP contribution in [0.2, 0.25) is 0 Å². The van der Waals surface area contributed by atoms with Crippen molar-refractivity contribution in [1.29, 1.82) is 0 Å². The third-order valence-electron chi connectivity index (χ3n) is 3.22. The Morgan fingerprint density at radius 3 is 2.88 bits per heavy atom. The lowest BCUT2D eigenvalue weighted by atomic mass is 10.1. The maximum atomic E-state index is 5.75. The van der Waals surface area contributed by atoms with Crippen LogP contribution in [0.15, 0.2) is 12.3 Å². The van der Waals surface area contributed by atoms with Gasteiger partial charge in [-0.25, -0.2) is 4.98 Å². The molecule has 1 aliphatic carbocycles. The first-order valence-electron chi connectivity index (χ1n) is 5.62. The number of nitrogens with one attached hydrogen (secondary N) is 1. The second kappa shape index (κ2) is 4.82. The molecular formula is C12H17N3S2. The molecule has 1 saturated carbocycles. The summed E-state index contributed by atoms with van der Waals surface area (Å²) >= 11 is 7.00. The Labute approximate surface area is 112 Å². The highest BCUT2D eigenvalue weighted by molar-refractivity contribution is 8.00. The summed E-state index contributed by atoms with van der Waals surface area (Å²) in [6.07, 6.45) is 6.50. The van der Waals surface area contributed by atoms with Gasteiger partial charge in [-0.2, -0.15) is 11.8 Å². The lowest BCUT2D eigenvalue weighted by molar-refractivity contribution is 0.939. The number of thioether (sulfide) groups is 1. The lowest BCUT2D eigenvalue weighted by Gasteiger charge is -2.16. The lowest BCUT2D eigenvalue weighted by Crippen LogP contribution is -2.22. The van der Waals surface area contributed by atoms with E-state index < -0.39 is 0 Å². The largest absolute Gasteiger partial charge is 0.389 e. The highest BCUT2D eigenvalue weighted by atomic mass is 32.2. The van der Waals surface area contributed by atoms with Gasteiger partial charge in [0.25, 0.3) is 0 Å². The maximum Gasteiger partial charge on any atom is 0.136 e. The summed E-state index contributed by atoms with van der Waals surface area (Å²) in [5.41, 5.74) is 7.70. The van der Waals surface area contributed by atoms with Crippen LogP contribution in [0.1, 0.15) is 24.0 Å². The van der Waals surface area contributed by atoms with Crippen molar-refractivity contribution in [3.8, 4) is 0 Å². The van der Waals surface area contributed by atoms with Crippen LogP contribution in [-0.2, 0) is 0 Å². The average molecular weight is 267 g/mol. The number of pyridine rings is 1. The van der Waals surface area contributed by atoms with Gasteiger partial charge < -0.3 is 11.1 Å². The summed E-state index contributed by atoms with van der Waals surface area (Å²) in [5, 5.41) is 3.39. The molecule has 5 heteroatoms. The van der Waals surface area contributed by atoms with Crippen molar-refractivity contribution >= 4 is 34.8 Å². The molecule has 0 saturated heterocycles. The van der Waals surface area contributed by atoms with Gasteiger partial charge in [0.05, 0.1) is 5.56 Å². The Kier molecular flexibility index (Phi) is 3.58. The Balaban J connectivity index is 2.15. The van der Waals surface area contributed by atoms with E-state index in [0.29, 0.717) is 9.74 Å². The number of nitrogens with two attached hydrogens (primary N) is 1. The molecule has 3 nitrogen and oxygen atoms in total. The molecule has 1 fully saturated rings. The number of thiocarbonyl (C=S) groups is 1. The van der Waals surface area contributed by atoms with Gasteiger partial charge in [-0.05, 0) is 37.7 Å². The molecule has 0 bridgehead atoms. The fourth-order valence-corrected chi connectivity index (χ4v) is 2.83. The fourth-order valence-electron chi connectivity index (χ4n) is 1.84. The van der Waals surface area contributed by atoms with E-state index in [4.69, 9.17) is 18.0 Å². The van der Waals surface area contributed by atoms with E-state index in [2.05, 4.69) is 16.6 Å². The monoisotopic (exact) mass is 267 g/mol. The SMILES string of the molecule is CSC1(CNc2nccc(C)c2C(N)=S)CC1. The third-order valence-corrected chi connectivity index (χ3v) is 4.85. The topological polar surface area (TPSA) is 50.9 Å². The fraction of sp³-hybridized carbons (Fsp3) is 0.500. The Bertz CT molecular complexity index is 441. The molecule has 0 aliphatic heterocycles. The first-order chi connectivity index (χ1) is 8.08. The van der Waals surface area contributed by atoms with Gasteiger partial charge >= 0.3 is 0 Å². The Morgan fingerprint density at radius 2 is 2.35 bits per heavy atom. The van der Waals surface area contributed by atoms with Crippen LogP contribution in [0, 0.1) is 6.92 Å². The van der Waals surface area contributed by atoms with Crippen LogP contribution in [0.25, 0.3) is 0 Å². The first kappa shape index (κ1) is 12.6. The van der Waals surface area contributed by atoms with Gasteiger partial charge in [-0.3, -0.25) is 0 Å². The molecule has 92 valence electrons. The average Bonchev–Trinajstić information content (AvgIpc) is 3.06. The van der Waals surface area contributed by atoms with Crippen molar-refractivity contribution in [3.63, 3.8) is 0 Å². The predicted octanol–water partition coefficient (Wildman–Crippen LogP) is 2.33. The van der Waals surface area contributed by atoms with E-state index >= 15 is 0 Å². The van der Waals surface area contributed by atoms with Gasteiger partial charge in [0.2, 0.25) is 0 Å². The number of rotatable bonds is 5. The number of aryl methyl sites for hydroxylation is 1. The molecule has 1 aromatic heterocycles. The van der Waals surface area contributed by atoms with Crippen LogP contribution in [0.5, 0.6) is 0 Å². The number of nitrogens with zero attached hydrogens (tertiary/aromatic N) is 1. The van der Waals surface area contributed by atoms with Crippen molar-refractivity contribution in [2.75, 3.05) is 18.1 Å². The van der Waals surface area contributed by atoms with E-state index in [1.54, 1.807) is 6.20 Å². The minimum atomic E-state index is 0.402. The molecule has 17 heavy (non-hydrogen) atoms. The van der Waals surface area contributed by atoms with Gasteiger partial charge in [0.1, 0.15) is 10.8 Å². The molecule has 1 heterocycles. The number of anilines is 1. The van der Waals surface area contributed by atoms with Crippen LogP contribution in [-0.4, -0.2) is 27.5 Å². The second-order valence-corrected chi connectivity index (χ2v) is 6.17. The molecule has 0 aromatic carbocycles. The zero-order valence-electron chi connectivity index (χ0n) is 10.1. The number of hydrogen-bond acceptors (Lipinski definition) is 4. The second-order valence-electron chi connectivity index (χ2n) is 4.46. The molecule has 0 atom stereocenters. The molecule has 0 amide bonds. The summed E-state index contributed by atoms with van der Waals surface area (Å²) in [4.78, 5) is 4.75. The van der Waals surface area contributed by atoms with Crippen molar-refractivity contribution in [3.05, 3.63) is 23.4 Å². The van der Waals surface area contributed by atoms with Crippen molar-refractivity contribution in [2.45, 2.75) is 24.5 Å². The van der Waals surface area contributed by atoms with Crippen molar-refractivity contribution in [2.24, 2.45) is 5.73 Å². The summed E-state index contributed by atoms with van der Waals surface area (Å²) in [6.45, 7) is 2.93. The molecule has 0 unspecified atom stereocenters. The predicted molar refractivity (Wildman–Crippen MR) is 78.8 cm³/mol. The molecule has 1 aromatic rings. The molecule has 0 radical (unpaired) electrons. The van der Waals surface area contributed by atoms with Crippen LogP contribution < -0.4 is 11.1 Å².